The van der Waals surface area contributed by atoms with E-state index < -0.39 is 5.92 Å². The van der Waals surface area contributed by atoms with Gasteiger partial charge >= 0.3 is 0 Å². The highest BCUT2D eigenvalue weighted by Gasteiger charge is 2.33. The summed E-state index contributed by atoms with van der Waals surface area (Å²) in [4.78, 5) is 22.5. The van der Waals surface area contributed by atoms with Gasteiger partial charge in [-0.05, 0) is 26.0 Å². The molecule has 0 bridgehead atoms. The molecule has 1 aromatic carbocycles. The first kappa shape index (κ1) is 10.5. The topological polar surface area (TPSA) is 49.7 Å². The van der Waals surface area contributed by atoms with E-state index in [-0.39, 0.29) is 5.91 Å². The van der Waals surface area contributed by atoms with Gasteiger partial charge in [0.15, 0.2) is 0 Å². The van der Waals surface area contributed by atoms with E-state index in [0.29, 0.717) is 17.7 Å². The third kappa shape index (κ3) is 1.62. The molecule has 82 valence electrons. The molecule has 4 nitrogen and oxygen atoms in total. The molecule has 1 unspecified atom stereocenters. The minimum Gasteiger partial charge on any atom is -0.302 e. The predicted octanol–water partition coefficient (Wildman–Crippen LogP) is 1.53. The molecule has 0 aromatic heterocycles. The number of anilines is 1. The summed E-state index contributed by atoms with van der Waals surface area (Å²) in [5, 5.41) is 5.38. The van der Waals surface area contributed by atoms with Gasteiger partial charge in [0, 0.05) is 0 Å². The lowest BCUT2D eigenvalue weighted by Crippen LogP contribution is -2.27. The molecule has 1 aliphatic rings. The molecule has 0 saturated carbocycles. The maximum absolute atomic E-state index is 11.8. The molecule has 0 aliphatic carbocycles. The maximum atomic E-state index is 11.8. The Labute approximate surface area is 93.6 Å². The summed E-state index contributed by atoms with van der Waals surface area (Å²) in [5.41, 5.74) is 2.35. The van der Waals surface area contributed by atoms with Gasteiger partial charge in [-0.3, -0.25) is 4.79 Å². The predicted molar refractivity (Wildman–Crippen MR) is 61.3 cm³/mol. The molecule has 1 aliphatic heterocycles. The Morgan fingerprint density at radius 2 is 1.88 bits per heavy atom. The number of amides is 1. The number of hydrogen-bond acceptors (Lipinski definition) is 3. The Hall–Kier alpha value is -1.97. The number of aryl methyl sites for hydroxylation is 1. The highest BCUT2D eigenvalue weighted by atomic mass is 16.2. The van der Waals surface area contributed by atoms with Gasteiger partial charge in [0.2, 0.25) is 0 Å². The van der Waals surface area contributed by atoms with Crippen LogP contribution in [0.1, 0.15) is 12.5 Å². The number of benzene rings is 1. The molecule has 0 saturated heterocycles. The fourth-order valence-corrected chi connectivity index (χ4v) is 1.61. The molecule has 1 atom stereocenters. The van der Waals surface area contributed by atoms with Crippen LogP contribution in [0.2, 0.25) is 0 Å². The molecular formula is C12H12N2O2. The summed E-state index contributed by atoms with van der Waals surface area (Å²) in [6.45, 7) is 3.66. The van der Waals surface area contributed by atoms with E-state index in [1.807, 2.05) is 31.2 Å². The zero-order chi connectivity index (χ0) is 11.7. The Morgan fingerprint density at radius 3 is 2.38 bits per heavy atom. The van der Waals surface area contributed by atoms with Gasteiger partial charge in [-0.15, -0.1) is 0 Å². The number of hydrogen-bond donors (Lipinski definition) is 0. The van der Waals surface area contributed by atoms with Crippen molar-refractivity contribution < 1.29 is 9.59 Å². The quantitative estimate of drug-likeness (QED) is 0.556. The second-order valence-corrected chi connectivity index (χ2v) is 3.84. The van der Waals surface area contributed by atoms with Crippen LogP contribution in [0.4, 0.5) is 5.69 Å². The first-order chi connectivity index (χ1) is 7.63. The van der Waals surface area contributed by atoms with Crippen molar-refractivity contribution >= 4 is 23.6 Å². The fourth-order valence-electron chi connectivity index (χ4n) is 1.61. The standard InChI is InChI=1S/C12H12N2O2/c1-8-3-5-10(6-4-8)14-12(16)11(7-15)9(2)13-14/h3-7,11H,1-2H3. The molecule has 0 fully saturated rings. The molecule has 1 amide bonds. The molecule has 1 heterocycles. The van der Waals surface area contributed by atoms with Crippen molar-refractivity contribution in [1.82, 2.24) is 0 Å². The van der Waals surface area contributed by atoms with Crippen LogP contribution in [0.15, 0.2) is 29.4 Å². The Bertz CT molecular complexity index is 462. The van der Waals surface area contributed by atoms with Crippen LogP contribution >= 0.6 is 0 Å². The first-order valence-electron chi connectivity index (χ1n) is 5.04. The van der Waals surface area contributed by atoms with Crippen molar-refractivity contribution in [3.63, 3.8) is 0 Å². The average molecular weight is 216 g/mol. The summed E-state index contributed by atoms with van der Waals surface area (Å²) in [6, 6.07) is 7.44. The molecule has 16 heavy (non-hydrogen) atoms. The molecule has 0 N–H and O–H groups in total. The zero-order valence-electron chi connectivity index (χ0n) is 9.18. The number of rotatable bonds is 2. The number of aldehydes is 1. The van der Waals surface area contributed by atoms with Crippen LogP contribution in [-0.2, 0) is 9.59 Å². The van der Waals surface area contributed by atoms with Crippen molar-refractivity contribution in [3.8, 4) is 0 Å². The van der Waals surface area contributed by atoms with Crippen molar-refractivity contribution in [2.24, 2.45) is 11.0 Å². The SMILES string of the molecule is CC1=NN(c2ccc(C)cc2)C(=O)C1C=O. The van der Waals surface area contributed by atoms with Crippen LogP contribution in [-0.4, -0.2) is 17.9 Å². The van der Waals surface area contributed by atoms with Crippen molar-refractivity contribution in [1.29, 1.82) is 0 Å². The molecular weight excluding hydrogens is 204 g/mol. The second-order valence-electron chi connectivity index (χ2n) is 3.84. The summed E-state index contributed by atoms with van der Waals surface area (Å²) in [7, 11) is 0. The summed E-state index contributed by atoms with van der Waals surface area (Å²) in [6.07, 6.45) is 0.634. The third-order valence-corrected chi connectivity index (χ3v) is 2.60. The lowest BCUT2D eigenvalue weighted by Gasteiger charge is -2.12. The Morgan fingerprint density at radius 1 is 1.25 bits per heavy atom. The van der Waals surface area contributed by atoms with Gasteiger partial charge < -0.3 is 4.79 Å². The van der Waals surface area contributed by atoms with E-state index in [0.717, 1.165) is 5.56 Å². The van der Waals surface area contributed by atoms with Crippen LogP contribution < -0.4 is 5.01 Å². The van der Waals surface area contributed by atoms with E-state index in [9.17, 15) is 9.59 Å². The van der Waals surface area contributed by atoms with Gasteiger partial charge in [-0.1, -0.05) is 17.7 Å². The van der Waals surface area contributed by atoms with E-state index in [4.69, 9.17) is 0 Å². The summed E-state index contributed by atoms with van der Waals surface area (Å²) in [5.74, 6) is -1.00. The monoisotopic (exact) mass is 216 g/mol. The lowest BCUT2D eigenvalue weighted by molar-refractivity contribution is -0.123. The highest BCUT2D eigenvalue weighted by Crippen LogP contribution is 2.23. The molecule has 0 radical (unpaired) electrons. The smallest absolute Gasteiger partial charge is 0.263 e. The lowest BCUT2D eigenvalue weighted by atomic mass is 10.1. The van der Waals surface area contributed by atoms with Gasteiger partial charge in [-0.25, -0.2) is 0 Å². The van der Waals surface area contributed by atoms with Gasteiger partial charge in [0.1, 0.15) is 12.2 Å². The van der Waals surface area contributed by atoms with Gasteiger partial charge in [-0.2, -0.15) is 10.1 Å². The first-order valence-corrected chi connectivity index (χ1v) is 5.04. The number of hydrazone groups is 1. The van der Waals surface area contributed by atoms with Gasteiger partial charge in [0.05, 0.1) is 11.4 Å². The van der Waals surface area contributed by atoms with Crippen molar-refractivity contribution in [3.05, 3.63) is 29.8 Å². The molecule has 0 spiro atoms. The van der Waals surface area contributed by atoms with Crippen LogP contribution in [0, 0.1) is 12.8 Å². The molecule has 2 rings (SSSR count). The highest BCUT2D eigenvalue weighted by molar-refractivity contribution is 6.22. The fraction of sp³-hybridized carbons (Fsp3) is 0.250. The Kier molecular flexibility index (Phi) is 2.56. The summed E-state index contributed by atoms with van der Waals surface area (Å²) >= 11 is 0. The zero-order valence-corrected chi connectivity index (χ0v) is 9.18. The van der Waals surface area contributed by atoms with Crippen molar-refractivity contribution in [2.45, 2.75) is 13.8 Å². The normalized spacial score (nSPS) is 19.9. The molecule has 1 aromatic rings. The van der Waals surface area contributed by atoms with Gasteiger partial charge in [0.25, 0.3) is 5.91 Å². The Balaban J connectivity index is 2.34. The second kappa shape index (κ2) is 3.89. The number of carbonyl (C=O) groups excluding carboxylic acids is 2. The van der Waals surface area contributed by atoms with E-state index >= 15 is 0 Å². The van der Waals surface area contributed by atoms with Crippen LogP contribution in [0.25, 0.3) is 0 Å². The largest absolute Gasteiger partial charge is 0.302 e. The van der Waals surface area contributed by atoms with E-state index in [1.54, 1.807) is 6.92 Å². The van der Waals surface area contributed by atoms with Crippen molar-refractivity contribution in [2.75, 3.05) is 5.01 Å². The third-order valence-electron chi connectivity index (χ3n) is 2.60. The van der Waals surface area contributed by atoms with Crippen LogP contribution in [0.3, 0.4) is 0 Å². The number of carbonyl (C=O) groups is 2. The minimum atomic E-state index is -0.721. The van der Waals surface area contributed by atoms with E-state index in [2.05, 4.69) is 5.10 Å². The minimum absolute atomic E-state index is 0.281. The van der Waals surface area contributed by atoms with E-state index in [1.165, 1.54) is 5.01 Å². The summed E-state index contributed by atoms with van der Waals surface area (Å²) < 4.78 is 0. The molecule has 4 heteroatoms. The number of nitrogens with zero attached hydrogens (tertiary/aromatic N) is 2. The van der Waals surface area contributed by atoms with Crippen LogP contribution in [0.5, 0.6) is 0 Å². The maximum Gasteiger partial charge on any atom is 0.263 e. The average Bonchev–Trinajstić information content (AvgIpc) is 2.55.